The van der Waals surface area contributed by atoms with Crippen LogP contribution in [0, 0.1) is 0 Å². The lowest BCUT2D eigenvalue weighted by molar-refractivity contribution is -0.119. The first-order chi connectivity index (χ1) is 13.2. The molecule has 6 nitrogen and oxygen atoms in total. The van der Waals surface area contributed by atoms with E-state index in [9.17, 15) is 4.79 Å². The number of hydrogen-bond donors (Lipinski definition) is 2. The Kier molecular flexibility index (Phi) is 5.89. The number of amides is 1. The van der Waals surface area contributed by atoms with Crippen LogP contribution in [0.2, 0.25) is 0 Å². The first-order valence-electron chi connectivity index (χ1n) is 8.47. The predicted octanol–water partition coefficient (Wildman–Crippen LogP) is 3.42. The number of carbonyl (C=O) groups is 1. The summed E-state index contributed by atoms with van der Waals surface area (Å²) >= 11 is 0. The van der Waals surface area contributed by atoms with Crippen LogP contribution in [0.25, 0.3) is 10.8 Å². The van der Waals surface area contributed by atoms with Crippen LogP contribution in [0.15, 0.2) is 65.8 Å². The number of benzene rings is 3. The summed E-state index contributed by atoms with van der Waals surface area (Å²) in [6.45, 7) is 0.112. The van der Waals surface area contributed by atoms with Gasteiger partial charge in [-0.1, -0.05) is 42.5 Å². The van der Waals surface area contributed by atoms with Crippen LogP contribution in [0.5, 0.6) is 11.5 Å². The largest absolute Gasteiger partial charge is 0.493 e. The molecule has 3 rings (SSSR count). The number of methoxy groups -OCH3 is 2. The van der Waals surface area contributed by atoms with Crippen molar-refractivity contribution in [1.29, 1.82) is 0 Å². The third-order valence-electron chi connectivity index (χ3n) is 4.06. The van der Waals surface area contributed by atoms with Crippen LogP contribution in [0.3, 0.4) is 0 Å². The lowest BCUT2D eigenvalue weighted by Crippen LogP contribution is -2.25. The molecule has 0 fully saturated rings. The quantitative estimate of drug-likeness (QED) is 0.498. The Morgan fingerprint density at radius 2 is 1.78 bits per heavy atom. The van der Waals surface area contributed by atoms with Crippen molar-refractivity contribution in [3.63, 3.8) is 0 Å². The topological polar surface area (TPSA) is 72.0 Å². The zero-order valence-electron chi connectivity index (χ0n) is 15.2. The number of rotatable bonds is 7. The number of hydrogen-bond acceptors (Lipinski definition) is 5. The van der Waals surface area contributed by atoms with E-state index < -0.39 is 0 Å². The number of carbonyl (C=O) groups excluding carboxylic acids is 1. The Labute approximate surface area is 157 Å². The highest BCUT2D eigenvalue weighted by Gasteiger charge is 2.07. The molecule has 3 aromatic rings. The lowest BCUT2D eigenvalue weighted by Gasteiger charge is -2.10. The zero-order valence-corrected chi connectivity index (χ0v) is 15.2. The number of ether oxygens (including phenoxy) is 2. The lowest BCUT2D eigenvalue weighted by atomic mass is 10.1. The molecule has 27 heavy (non-hydrogen) atoms. The number of hydrazone groups is 1. The standard InChI is InChI=1S/C21H21N3O3/c1-26-19-12-6-9-16(21(19)27-2)13-23-24-20(25)14-22-18-11-5-8-15-7-3-4-10-17(15)18/h3-13,22H,14H2,1-2H3,(H,24,25)/b23-13+. The highest BCUT2D eigenvalue weighted by molar-refractivity contribution is 5.95. The second-order valence-electron chi connectivity index (χ2n) is 5.76. The van der Waals surface area contributed by atoms with Crippen molar-refractivity contribution in [2.24, 2.45) is 5.10 Å². The molecule has 2 N–H and O–H groups in total. The van der Waals surface area contributed by atoms with Crippen LogP contribution in [-0.4, -0.2) is 32.9 Å². The molecule has 138 valence electrons. The minimum atomic E-state index is -0.249. The third-order valence-corrected chi connectivity index (χ3v) is 4.06. The molecule has 1 amide bonds. The maximum Gasteiger partial charge on any atom is 0.259 e. The Balaban J connectivity index is 1.61. The Bertz CT molecular complexity index is 965. The fraction of sp³-hybridized carbons (Fsp3) is 0.143. The van der Waals surface area contributed by atoms with Crippen molar-refractivity contribution in [3.8, 4) is 11.5 Å². The number of nitrogens with zero attached hydrogens (tertiary/aromatic N) is 1. The smallest absolute Gasteiger partial charge is 0.259 e. The average Bonchev–Trinajstić information content (AvgIpc) is 2.71. The Morgan fingerprint density at radius 3 is 2.59 bits per heavy atom. The zero-order chi connectivity index (χ0) is 19.1. The van der Waals surface area contributed by atoms with Crippen LogP contribution in [-0.2, 0) is 4.79 Å². The highest BCUT2D eigenvalue weighted by atomic mass is 16.5. The third kappa shape index (κ3) is 4.36. The van der Waals surface area contributed by atoms with Crippen molar-refractivity contribution < 1.29 is 14.3 Å². The van der Waals surface area contributed by atoms with Gasteiger partial charge < -0.3 is 14.8 Å². The first-order valence-corrected chi connectivity index (χ1v) is 8.47. The molecule has 0 radical (unpaired) electrons. The monoisotopic (exact) mass is 363 g/mol. The van der Waals surface area contributed by atoms with Gasteiger partial charge in [-0.05, 0) is 23.6 Å². The average molecular weight is 363 g/mol. The van der Waals surface area contributed by atoms with Crippen LogP contribution in [0.1, 0.15) is 5.56 Å². The van der Waals surface area contributed by atoms with Gasteiger partial charge in [0.2, 0.25) is 0 Å². The summed E-state index contributed by atoms with van der Waals surface area (Å²) in [5, 5.41) is 9.33. The molecule has 6 heteroatoms. The Morgan fingerprint density at radius 1 is 1.00 bits per heavy atom. The molecule has 0 aromatic heterocycles. The van der Waals surface area contributed by atoms with Crippen molar-refractivity contribution in [3.05, 3.63) is 66.2 Å². The van der Waals surface area contributed by atoms with Gasteiger partial charge in [0.1, 0.15) is 0 Å². The van der Waals surface area contributed by atoms with Crippen LogP contribution < -0.4 is 20.2 Å². The number of para-hydroxylation sites is 1. The van der Waals surface area contributed by atoms with E-state index in [1.807, 2.05) is 54.6 Å². The van der Waals surface area contributed by atoms with E-state index in [1.165, 1.54) is 6.21 Å². The van der Waals surface area contributed by atoms with Gasteiger partial charge in [0.05, 0.1) is 27.0 Å². The highest BCUT2D eigenvalue weighted by Crippen LogP contribution is 2.29. The molecule has 0 saturated heterocycles. The molecule has 0 aliphatic heterocycles. The summed E-state index contributed by atoms with van der Waals surface area (Å²) in [6, 6.07) is 19.4. The maximum atomic E-state index is 12.1. The van der Waals surface area contributed by atoms with Crippen LogP contribution in [0.4, 0.5) is 5.69 Å². The summed E-state index contributed by atoms with van der Waals surface area (Å²) in [5.41, 5.74) is 4.12. The van der Waals surface area contributed by atoms with E-state index >= 15 is 0 Å². The first kappa shape index (κ1) is 18.3. The summed E-state index contributed by atoms with van der Waals surface area (Å²) in [4.78, 5) is 12.1. The molecule has 0 aliphatic carbocycles. The molecule has 0 aliphatic rings. The summed E-state index contributed by atoms with van der Waals surface area (Å²) in [5.74, 6) is 0.915. The normalized spacial score (nSPS) is 10.7. The molecule has 0 atom stereocenters. The number of fused-ring (bicyclic) bond motifs is 1. The van der Waals surface area contributed by atoms with Crippen molar-refractivity contribution in [1.82, 2.24) is 5.43 Å². The molecular weight excluding hydrogens is 342 g/mol. The summed E-state index contributed by atoms with van der Waals surface area (Å²) < 4.78 is 10.6. The molecule has 0 saturated carbocycles. The molecule has 0 heterocycles. The molecule has 0 unspecified atom stereocenters. The maximum absolute atomic E-state index is 12.1. The number of nitrogens with one attached hydrogen (secondary N) is 2. The van der Waals surface area contributed by atoms with Gasteiger partial charge >= 0.3 is 0 Å². The van der Waals surface area contributed by atoms with Gasteiger partial charge in [-0.3, -0.25) is 4.79 Å². The molecule has 0 bridgehead atoms. The SMILES string of the molecule is COc1cccc(/C=N/NC(=O)CNc2cccc3ccccc23)c1OC. The van der Waals surface area contributed by atoms with Gasteiger partial charge in [0, 0.05) is 16.6 Å². The molecular formula is C21H21N3O3. The fourth-order valence-corrected chi connectivity index (χ4v) is 2.78. The summed E-state index contributed by atoms with van der Waals surface area (Å²) in [6.07, 6.45) is 1.52. The minimum absolute atomic E-state index is 0.112. The fourth-order valence-electron chi connectivity index (χ4n) is 2.78. The van der Waals surface area contributed by atoms with E-state index in [2.05, 4.69) is 15.8 Å². The van der Waals surface area contributed by atoms with Gasteiger partial charge in [-0.15, -0.1) is 0 Å². The van der Waals surface area contributed by atoms with Gasteiger partial charge in [-0.2, -0.15) is 5.10 Å². The van der Waals surface area contributed by atoms with E-state index in [-0.39, 0.29) is 12.5 Å². The second-order valence-corrected chi connectivity index (χ2v) is 5.76. The van der Waals surface area contributed by atoms with Crippen molar-refractivity contribution in [2.45, 2.75) is 0 Å². The molecule has 3 aromatic carbocycles. The number of anilines is 1. The van der Waals surface area contributed by atoms with Crippen LogP contribution >= 0.6 is 0 Å². The van der Waals surface area contributed by atoms with Gasteiger partial charge in [0.25, 0.3) is 5.91 Å². The second kappa shape index (κ2) is 8.71. The van der Waals surface area contributed by atoms with Crippen molar-refractivity contribution in [2.75, 3.05) is 26.1 Å². The van der Waals surface area contributed by atoms with E-state index in [0.717, 1.165) is 16.5 Å². The minimum Gasteiger partial charge on any atom is -0.493 e. The van der Waals surface area contributed by atoms with Gasteiger partial charge in [-0.25, -0.2) is 5.43 Å². The molecule has 0 spiro atoms. The summed E-state index contributed by atoms with van der Waals surface area (Å²) in [7, 11) is 3.13. The van der Waals surface area contributed by atoms with Gasteiger partial charge in [0.15, 0.2) is 11.5 Å². The van der Waals surface area contributed by atoms with E-state index in [0.29, 0.717) is 17.1 Å². The van der Waals surface area contributed by atoms with E-state index in [1.54, 1.807) is 20.3 Å². The van der Waals surface area contributed by atoms with Crippen molar-refractivity contribution >= 4 is 28.6 Å². The van der Waals surface area contributed by atoms with E-state index in [4.69, 9.17) is 9.47 Å². The Hall–Kier alpha value is -3.54. The predicted molar refractivity (Wildman–Crippen MR) is 108 cm³/mol.